The maximum atomic E-state index is 12.8. The summed E-state index contributed by atoms with van der Waals surface area (Å²) in [6, 6.07) is 17.9. The van der Waals surface area contributed by atoms with E-state index < -0.39 is 0 Å². The van der Waals surface area contributed by atoms with Gasteiger partial charge >= 0.3 is 0 Å². The van der Waals surface area contributed by atoms with E-state index in [1.807, 2.05) is 30.3 Å². The number of nitrogens with one attached hydrogen (secondary N) is 1. The predicted octanol–water partition coefficient (Wildman–Crippen LogP) is 5.06. The van der Waals surface area contributed by atoms with Gasteiger partial charge < -0.3 is 10.1 Å². The summed E-state index contributed by atoms with van der Waals surface area (Å²) in [4.78, 5) is 20.2. The first kappa shape index (κ1) is 20.2. The van der Waals surface area contributed by atoms with Crippen LogP contribution < -0.4 is 10.1 Å². The van der Waals surface area contributed by atoms with E-state index in [-0.39, 0.29) is 17.2 Å². The molecule has 2 aliphatic rings. The van der Waals surface area contributed by atoms with Crippen molar-refractivity contribution in [3.63, 3.8) is 0 Å². The highest BCUT2D eigenvalue weighted by Crippen LogP contribution is 2.59. The van der Waals surface area contributed by atoms with Gasteiger partial charge in [-0.1, -0.05) is 42.5 Å². The molecule has 5 rings (SSSR count). The lowest BCUT2D eigenvalue weighted by Gasteiger charge is -2.32. The number of carbonyl (C=O) groups excluding carboxylic acids is 1. The van der Waals surface area contributed by atoms with Gasteiger partial charge in [0.1, 0.15) is 10.8 Å². The fourth-order valence-corrected chi connectivity index (χ4v) is 5.56. The summed E-state index contributed by atoms with van der Waals surface area (Å²) >= 11 is 1.73. The molecule has 1 saturated heterocycles. The second kappa shape index (κ2) is 8.44. The van der Waals surface area contributed by atoms with Crippen molar-refractivity contribution in [1.29, 1.82) is 0 Å². The fourth-order valence-electron chi connectivity index (χ4n) is 4.71. The van der Waals surface area contributed by atoms with Crippen molar-refractivity contribution < 1.29 is 9.53 Å². The summed E-state index contributed by atoms with van der Waals surface area (Å²) in [5.74, 6) is 0.952. The lowest BCUT2D eigenvalue weighted by atomic mass is 9.90. The number of rotatable bonds is 6. The number of hydrogen-bond donors (Lipinski definition) is 1. The maximum absolute atomic E-state index is 12.8. The molecule has 160 valence electrons. The zero-order valence-electron chi connectivity index (χ0n) is 17.7. The highest BCUT2D eigenvalue weighted by molar-refractivity contribution is 7.09. The van der Waals surface area contributed by atoms with Gasteiger partial charge in [0.2, 0.25) is 5.91 Å². The molecule has 0 bridgehead atoms. The van der Waals surface area contributed by atoms with E-state index in [4.69, 9.17) is 9.72 Å². The first-order chi connectivity index (χ1) is 15.2. The number of carbonyl (C=O) groups is 1. The summed E-state index contributed by atoms with van der Waals surface area (Å²) in [6.45, 7) is 2.95. The van der Waals surface area contributed by atoms with Gasteiger partial charge in [-0.2, -0.15) is 0 Å². The zero-order valence-corrected chi connectivity index (χ0v) is 18.5. The molecule has 1 atom stereocenters. The number of hydrogen-bond acceptors (Lipinski definition) is 5. The Balaban J connectivity index is 1.14. The van der Waals surface area contributed by atoms with Gasteiger partial charge in [0.15, 0.2) is 0 Å². The zero-order chi connectivity index (χ0) is 21.3. The Labute approximate surface area is 187 Å². The lowest BCUT2D eigenvalue weighted by molar-refractivity contribution is -0.118. The molecule has 1 spiro atoms. The molecule has 1 unspecified atom stereocenters. The van der Waals surface area contributed by atoms with E-state index in [2.05, 4.69) is 39.9 Å². The average molecular weight is 434 g/mol. The van der Waals surface area contributed by atoms with Gasteiger partial charge in [0.05, 0.1) is 25.0 Å². The largest absolute Gasteiger partial charge is 0.495 e. The summed E-state index contributed by atoms with van der Waals surface area (Å²) < 4.78 is 5.36. The van der Waals surface area contributed by atoms with Crippen molar-refractivity contribution >= 4 is 22.9 Å². The fraction of sp³-hybridized carbons (Fsp3) is 0.360. The third-order valence-corrected chi connectivity index (χ3v) is 7.54. The molecule has 5 nitrogen and oxygen atoms in total. The molecule has 6 heteroatoms. The second-order valence-electron chi connectivity index (χ2n) is 8.58. The number of amides is 1. The molecule has 1 saturated carbocycles. The van der Waals surface area contributed by atoms with E-state index in [1.54, 1.807) is 18.4 Å². The van der Waals surface area contributed by atoms with Crippen LogP contribution >= 0.6 is 11.3 Å². The highest BCUT2D eigenvalue weighted by Gasteiger charge is 2.58. The summed E-state index contributed by atoms with van der Waals surface area (Å²) in [7, 11) is 1.63. The number of piperidine rings is 1. The Morgan fingerprint density at radius 2 is 1.90 bits per heavy atom. The van der Waals surface area contributed by atoms with Crippen LogP contribution in [-0.2, 0) is 11.3 Å². The quantitative estimate of drug-likeness (QED) is 0.590. The molecule has 2 fully saturated rings. The minimum atomic E-state index is 0.115. The predicted molar refractivity (Wildman–Crippen MR) is 124 cm³/mol. The molecule has 3 aromatic rings. The molecule has 2 heterocycles. The van der Waals surface area contributed by atoms with Crippen LogP contribution in [0.15, 0.2) is 60.0 Å². The van der Waals surface area contributed by atoms with Crippen LogP contribution in [0.5, 0.6) is 5.75 Å². The number of thiazole rings is 1. The number of para-hydroxylation sites is 2. The van der Waals surface area contributed by atoms with E-state index in [0.717, 1.165) is 55.3 Å². The third kappa shape index (κ3) is 4.23. The Bertz CT molecular complexity index is 1060. The topological polar surface area (TPSA) is 54.5 Å². The van der Waals surface area contributed by atoms with Gasteiger partial charge in [0, 0.05) is 16.9 Å². The maximum Gasteiger partial charge on any atom is 0.228 e. The van der Waals surface area contributed by atoms with Crippen LogP contribution in [-0.4, -0.2) is 36.0 Å². The molecule has 1 aliphatic heterocycles. The standard InChI is InChI=1S/C25H27N3O2S/c1-30-22-10-6-5-9-20(22)27-24(29)19-15-25(19)11-13-28(14-12-25)16-23-26-21(17-31-23)18-7-3-2-4-8-18/h2-10,17,19H,11-16H2,1H3,(H,27,29). The number of aromatic nitrogens is 1. The first-order valence-electron chi connectivity index (χ1n) is 10.8. The van der Waals surface area contributed by atoms with E-state index in [0.29, 0.717) is 5.75 Å². The molecule has 1 amide bonds. The highest BCUT2D eigenvalue weighted by atomic mass is 32.1. The molecule has 1 aliphatic carbocycles. The number of methoxy groups -OCH3 is 1. The number of likely N-dealkylation sites (tertiary alicyclic amines) is 1. The van der Waals surface area contributed by atoms with Crippen LogP contribution in [0.3, 0.4) is 0 Å². The normalized spacial score (nSPS) is 19.8. The number of anilines is 1. The van der Waals surface area contributed by atoms with Crippen molar-refractivity contribution in [3.05, 3.63) is 65.0 Å². The van der Waals surface area contributed by atoms with Gasteiger partial charge in [-0.05, 0) is 49.9 Å². The molecule has 0 radical (unpaired) electrons. The molecule has 31 heavy (non-hydrogen) atoms. The summed E-state index contributed by atoms with van der Waals surface area (Å²) in [5, 5.41) is 6.39. The minimum absolute atomic E-state index is 0.115. The van der Waals surface area contributed by atoms with Crippen molar-refractivity contribution in [3.8, 4) is 17.0 Å². The van der Waals surface area contributed by atoms with Gasteiger partial charge in [-0.3, -0.25) is 9.69 Å². The summed E-state index contributed by atoms with van der Waals surface area (Å²) in [5.41, 5.74) is 3.17. The van der Waals surface area contributed by atoms with E-state index in [9.17, 15) is 4.79 Å². The molecular weight excluding hydrogens is 406 g/mol. The van der Waals surface area contributed by atoms with Crippen LogP contribution in [0.4, 0.5) is 5.69 Å². The van der Waals surface area contributed by atoms with Crippen LogP contribution in [0.25, 0.3) is 11.3 Å². The van der Waals surface area contributed by atoms with Crippen LogP contribution in [0, 0.1) is 11.3 Å². The minimum Gasteiger partial charge on any atom is -0.495 e. The Morgan fingerprint density at radius 3 is 2.68 bits per heavy atom. The monoisotopic (exact) mass is 433 g/mol. The number of ether oxygens (including phenoxy) is 1. The third-order valence-electron chi connectivity index (χ3n) is 6.70. The lowest BCUT2D eigenvalue weighted by Crippen LogP contribution is -2.35. The van der Waals surface area contributed by atoms with Crippen molar-refractivity contribution in [2.24, 2.45) is 11.3 Å². The van der Waals surface area contributed by atoms with E-state index >= 15 is 0 Å². The Morgan fingerprint density at radius 1 is 1.16 bits per heavy atom. The second-order valence-corrected chi connectivity index (χ2v) is 9.52. The van der Waals surface area contributed by atoms with Gasteiger partial charge in [-0.25, -0.2) is 4.98 Å². The number of benzene rings is 2. The smallest absolute Gasteiger partial charge is 0.228 e. The van der Waals surface area contributed by atoms with Gasteiger partial charge in [-0.15, -0.1) is 11.3 Å². The molecule has 1 aromatic heterocycles. The number of nitrogens with zero attached hydrogens (tertiary/aromatic N) is 2. The Kier molecular flexibility index (Phi) is 5.50. The first-order valence-corrected chi connectivity index (χ1v) is 11.7. The van der Waals surface area contributed by atoms with Crippen molar-refractivity contribution in [2.45, 2.75) is 25.8 Å². The molecule has 2 aromatic carbocycles. The van der Waals surface area contributed by atoms with E-state index in [1.165, 1.54) is 5.56 Å². The summed E-state index contributed by atoms with van der Waals surface area (Å²) in [6.07, 6.45) is 3.15. The van der Waals surface area contributed by atoms with Crippen LogP contribution in [0.1, 0.15) is 24.3 Å². The SMILES string of the molecule is COc1ccccc1NC(=O)C1CC12CCN(Cc1nc(-c3ccccc3)cs1)CC2. The molecule has 1 N–H and O–H groups in total. The molecular formula is C25H27N3O2S. The van der Waals surface area contributed by atoms with Crippen molar-refractivity contribution in [1.82, 2.24) is 9.88 Å². The Hall–Kier alpha value is -2.70. The average Bonchev–Trinajstić information content (AvgIpc) is 3.31. The van der Waals surface area contributed by atoms with Crippen molar-refractivity contribution in [2.75, 3.05) is 25.5 Å². The van der Waals surface area contributed by atoms with Gasteiger partial charge in [0.25, 0.3) is 0 Å². The van der Waals surface area contributed by atoms with Crippen LogP contribution in [0.2, 0.25) is 0 Å².